The minimum Gasteiger partial charge on any atom is -0.493 e. The highest BCUT2D eigenvalue weighted by atomic mass is 16.7. The van der Waals surface area contributed by atoms with E-state index in [0.717, 1.165) is 104 Å². The molecule has 15 heteroatoms. The van der Waals surface area contributed by atoms with Gasteiger partial charge in [0.15, 0.2) is 46.0 Å². The third-order valence-corrected chi connectivity index (χ3v) is 10.0. The molecule has 7 rings (SSSR count). The van der Waals surface area contributed by atoms with Crippen LogP contribution in [-0.2, 0) is 9.47 Å². The molecular formula is C50H73NO14. The van der Waals surface area contributed by atoms with Crippen molar-refractivity contribution in [2.75, 3.05) is 116 Å². The maximum absolute atomic E-state index is 6.02. The summed E-state index contributed by atoms with van der Waals surface area (Å²) in [6.07, 6.45) is 1.98. The molecule has 362 valence electrons. The predicted octanol–water partition coefficient (Wildman–Crippen LogP) is 9.07. The molecule has 0 aromatic heterocycles. The van der Waals surface area contributed by atoms with Gasteiger partial charge in [-0.25, -0.2) is 0 Å². The van der Waals surface area contributed by atoms with Crippen molar-refractivity contribution in [1.82, 2.24) is 4.90 Å². The summed E-state index contributed by atoms with van der Waals surface area (Å²) in [5.74, 6) is 8.47. The van der Waals surface area contributed by atoms with Crippen LogP contribution in [0.5, 0.6) is 69.0 Å². The van der Waals surface area contributed by atoms with E-state index in [1.165, 1.54) is 0 Å². The van der Waals surface area contributed by atoms with Gasteiger partial charge in [-0.15, -0.1) is 0 Å². The molecule has 0 aliphatic carbocycles. The molecule has 0 bridgehead atoms. The Labute approximate surface area is 386 Å². The maximum atomic E-state index is 6.02. The van der Waals surface area contributed by atoms with Crippen LogP contribution >= 0.6 is 0 Å². The number of benzene rings is 4. The average Bonchev–Trinajstić information content (AvgIpc) is 3.82. The van der Waals surface area contributed by atoms with E-state index in [2.05, 4.69) is 4.90 Å². The quantitative estimate of drug-likeness (QED) is 0.119. The van der Waals surface area contributed by atoms with Crippen molar-refractivity contribution in [3.63, 3.8) is 0 Å². The summed E-state index contributed by atoms with van der Waals surface area (Å²) in [7, 11) is 13.0. The Morgan fingerprint density at radius 3 is 1.32 bits per heavy atom. The van der Waals surface area contributed by atoms with Crippen molar-refractivity contribution in [2.24, 2.45) is 0 Å². The number of fused-ring (bicyclic) bond motifs is 1. The predicted molar refractivity (Wildman–Crippen MR) is 252 cm³/mol. The van der Waals surface area contributed by atoms with E-state index in [1.807, 2.05) is 90.1 Å². The molecule has 0 radical (unpaired) electrons. The van der Waals surface area contributed by atoms with Gasteiger partial charge in [0.1, 0.15) is 12.7 Å². The smallest absolute Gasteiger partial charge is 0.231 e. The molecule has 3 heterocycles. The molecule has 3 aliphatic rings. The summed E-state index contributed by atoms with van der Waals surface area (Å²) in [5.41, 5.74) is 4.35. The number of rotatable bonds is 14. The second kappa shape index (κ2) is 29.0. The van der Waals surface area contributed by atoms with E-state index in [-0.39, 0.29) is 12.9 Å². The van der Waals surface area contributed by atoms with E-state index in [9.17, 15) is 0 Å². The Kier molecular flexibility index (Phi) is 24.0. The zero-order valence-corrected chi connectivity index (χ0v) is 41.1. The zero-order chi connectivity index (χ0) is 47.7. The van der Waals surface area contributed by atoms with Crippen LogP contribution in [0.4, 0.5) is 0 Å². The highest BCUT2D eigenvalue weighted by Gasteiger charge is 2.22. The highest BCUT2D eigenvalue weighted by molar-refractivity contribution is 5.56. The number of aryl methyl sites for hydroxylation is 4. The number of ether oxygens (including phenoxy) is 14. The van der Waals surface area contributed by atoms with Gasteiger partial charge in [0.25, 0.3) is 0 Å². The number of hydrogen-bond acceptors (Lipinski definition) is 15. The van der Waals surface area contributed by atoms with E-state index in [4.69, 9.17) is 66.3 Å². The largest absolute Gasteiger partial charge is 0.493 e. The molecule has 3 aliphatic heterocycles. The van der Waals surface area contributed by atoms with Gasteiger partial charge in [0, 0.05) is 32.5 Å². The van der Waals surface area contributed by atoms with Crippen LogP contribution in [0.2, 0.25) is 0 Å². The van der Waals surface area contributed by atoms with Crippen LogP contribution in [-0.4, -0.2) is 127 Å². The van der Waals surface area contributed by atoms with Crippen molar-refractivity contribution in [3.8, 4) is 69.0 Å². The number of methoxy groups -OCH3 is 8. The fourth-order valence-corrected chi connectivity index (χ4v) is 6.82. The van der Waals surface area contributed by atoms with Gasteiger partial charge in [0.2, 0.25) is 29.8 Å². The van der Waals surface area contributed by atoms with Gasteiger partial charge in [-0.05, 0) is 98.5 Å². The molecule has 65 heavy (non-hydrogen) atoms. The molecule has 4 aromatic carbocycles. The van der Waals surface area contributed by atoms with Crippen molar-refractivity contribution in [2.45, 2.75) is 60.5 Å². The molecular weight excluding hydrogens is 839 g/mol. The number of morpholine rings is 1. The Bertz CT molecular complexity index is 1920. The summed E-state index contributed by atoms with van der Waals surface area (Å²) in [4.78, 5) is 2.33. The van der Waals surface area contributed by atoms with Crippen LogP contribution in [0.3, 0.4) is 0 Å². The van der Waals surface area contributed by atoms with Crippen LogP contribution in [0.15, 0.2) is 48.5 Å². The fourth-order valence-electron chi connectivity index (χ4n) is 6.82. The van der Waals surface area contributed by atoms with Crippen LogP contribution in [0, 0.1) is 27.7 Å². The average molecular weight is 912 g/mol. The molecule has 0 spiro atoms. The third kappa shape index (κ3) is 16.4. The Morgan fingerprint density at radius 2 is 0.877 bits per heavy atom. The zero-order valence-electron chi connectivity index (χ0n) is 41.1. The lowest BCUT2D eigenvalue weighted by Crippen LogP contribution is -2.38. The maximum Gasteiger partial charge on any atom is 0.231 e. The minimum atomic E-state index is 0.171. The van der Waals surface area contributed by atoms with E-state index in [1.54, 1.807) is 56.9 Å². The van der Waals surface area contributed by atoms with Gasteiger partial charge >= 0.3 is 0 Å². The summed E-state index contributed by atoms with van der Waals surface area (Å²) in [6.45, 7) is 18.8. The first-order valence-corrected chi connectivity index (χ1v) is 21.9. The first-order valence-electron chi connectivity index (χ1n) is 21.9. The monoisotopic (exact) mass is 912 g/mol. The van der Waals surface area contributed by atoms with Crippen molar-refractivity contribution in [3.05, 3.63) is 70.8 Å². The van der Waals surface area contributed by atoms with Crippen molar-refractivity contribution < 1.29 is 66.3 Å². The Morgan fingerprint density at radius 1 is 0.477 bits per heavy atom. The SMILES string of the molecule is CC.COc1cc(C)cc(OC)c1OC.COc1cc(C)cc(OC)c1OC1CCOCC1.COc1cc(C)cc(OC)c1OCCN1CCOCC1.COc1cc(C)cc2c1OCO2. The number of hydrogen-bond donors (Lipinski definition) is 0. The van der Waals surface area contributed by atoms with Crippen molar-refractivity contribution in [1.29, 1.82) is 0 Å². The van der Waals surface area contributed by atoms with Crippen LogP contribution in [0.1, 0.15) is 48.9 Å². The summed E-state index contributed by atoms with van der Waals surface area (Å²) >= 11 is 0. The van der Waals surface area contributed by atoms with Crippen molar-refractivity contribution >= 4 is 0 Å². The lowest BCUT2D eigenvalue weighted by atomic mass is 10.1. The second-order valence-electron chi connectivity index (χ2n) is 14.6. The van der Waals surface area contributed by atoms with Gasteiger partial charge in [-0.2, -0.15) is 0 Å². The first kappa shape index (κ1) is 53.7. The second-order valence-corrected chi connectivity index (χ2v) is 14.6. The molecule has 4 aromatic rings. The van der Waals surface area contributed by atoms with E-state index < -0.39 is 0 Å². The molecule has 0 N–H and O–H groups in total. The Balaban J connectivity index is 0.000000231. The van der Waals surface area contributed by atoms with E-state index in [0.29, 0.717) is 52.6 Å². The Hall–Kier alpha value is -5.64. The number of nitrogens with zero attached hydrogens (tertiary/aromatic N) is 1. The standard InChI is InChI=1S/C15H23NO4.C14H20O4.C10H14O3.C9H10O3.C2H6/c1-12-10-13(17-2)15(14(11-12)18-3)20-9-6-16-4-7-19-8-5-16;1-10-8-12(15-2)14(13(9-10)16-3)18-11-4-6-17-7-5-11;1-7-5-8(11-2)10(13-4)9(6-7)12-3;1-6-3-7(10-2)9-8(4-6)11-5-12-9;1-2/h10-11H,4-9H2,1-3H3;8-9,11H,4-7H2,1-3H3;5-6H,1-4H3;3-4H,5H2,1-2H3;1-2H3. The van der Waals surface area contributed by atoms with E-state index >= 15 is 0 Å². The molecule has 15 nitrogen and oxygen atoms in total. The minimum absolute atomic E-state index is 0.171. The summed E-state index contributed by atoms with van der Waals surface area (Å²) in [5, 5.41) is 0. The molecule has 2 saturated heterocycles. The summed E-state index contributed by atoms with van der Waals surface area (Å²) in [6, 6.07) is 15.5. The first-order chi connectivity index (χ1) is 31.5. The highest BCUT2D eigenvalue weighted by Crippen LogP contribution is 2.42. The summed E-state index contributed by atoms with van der Waals surface area (Å²) < 4.78 is 75.1. The van der Waals surface area contributed by atoms with Gasteiger partial charge in [0.05, 0.1) is 83.3 Å². The molecule has 0 amide bonds. The normalized spacial score (nSPS) is 13.9. The lowest BCUT2D eigenvalue weighted by Gasteiger charge is -2.26. The molecule has 0 unspecified atom stereocenters. The molecule has 0 atom stereocenters. The molecule has 0 saturated carbocycles. The van der Waals surface area contributed by atoms with Gasteiger partial charge in [-0.1, -0.05) is 13.8 Å². The van der Waals surface area contributed by atoms with Gasteiger partial charge < -0.3 is 66.3 Å². The van der Waals surface area contributed by atoms with Crippen LogP contribution < -0.4 is 56.8 Å². The fraction of sp³-hybridized carbons (Fsp3) is 0.520. The topological polar surface area (TPSA) is 132 Å². The van der Waals surface area contributed by atoms with Crippen LogP contribution in [0.25, 0.3) is 0 Å². The van der Waals surface area contributed by atoms with Gasteiger partial charge in [-0.3, -0.25) is 4.90 Å². The lowest BCUT2D eigenvalue weighted by molar-refractivity contribution is 0.0234. The third-order valence-electron chi connectivity index (χ3n) is 10.0. The molecule has 2 fully saturated rings.